The van der Waals surface area contributed by atoms with E-state index in [4.69, 9.17) is 9.84 Å². The molecule has 1 saturated heterocycles. The molecule has 1 aliphatic heterocycles. The van der Waals surface area contributed by atoms with Crippen LogP contribution in [0.5, 0.6) is 5.75 Å². The fraction of sp³-hybridized carbons (Fsp3) is 0.538. The van der Waals surface area contributed by atoms with Crippen LogP contribution in [0, 0.1) is 0 Å². The zero-order valence-corrected chi connectivity index (χ0v) is 11.9. The Hall–Kier alpha value is -1.15. The average molecular weight is 301 g/mol. The molecule has 20 heavy (non-hydrogen) atoms. The van der Waals surface area contributed by atoms with Gasteiger partial charge in [0.1, 0.15) is 5.75 Å². The van der Waals surface area contributed by atoms with Gasteiger partial charge in [-0.3, -0.25) is 0 Å². The maximum Gasteiger partial charge on any atom is 0.243 e. The minimum absolute atomic E-state index is 0.00206. The number of phenolic OH excluding ortho intramolecular Hbond substituents is 1. The number of hydrogen-bond acceptors (Lipinski definition) is 5. The highest BCUT2D eigenvalue weighted by Gasteiger charge is 2.29. The third-order valence-corrected chi connectivity index (χ3v) is 5.20. The van der Waals surface area contributed by atoms with E-state index in [1.54, 1.807) is 0 Å². The normalized spacial score (nSPS) is 18.2. The van der Waals surface area contributed by atoms with Gasteiger partial charge in [-0.25, -0.2) is 8.42 Å². The highest BCUT2D eigenvalue weighted by atomic mass is 32.2. The number of aliphatic hydroxyl groups is 1. The van der Waals surface area contributed by atoms with Crippen LogP contribution < -0.4 is 0 Å². The van der Waals surface area contributed by atoms with Gasteiger partial charge in [-0.15, -0.1) is 0 Å². The average Bonchev–Trinajstić information content (AvgIpc) is 2.45. The van der Waals surface area contributed by atoms with Crippen LogP contribution in [0.4, 0.5) is 0 Å². The van der Waals surface area contributed by atoms with Gasteiger partial charge in [-0.05, 0) is 31.0 Å². The maximum atomic E-state index is 12.4. The number of nitrogens with zero attached hydrogens (tertiary/aromatic N) is 1. The van der Waals surface area contributed by atoms with Gasteiger partial charge in [0.2, 0.25) is 10.0 Å². The summed E-state index contributed by atoms with van der Waals surface area (Å²) in [4.78, 5) is 0.104. The molecule has 6 nitrogen and oxygen atoms in total. The summed E-state index contributed by atoms with van der Waals surface area (Å²) in [6.07, 6.45) is 1.22. The zero-order valence-electron chi connectivity index (χ0n) is 11.1. The van der Waals surface area contributed by atoms with Crippen LogP contribution in [0.2, 0.25) is 0 Å². The second-order valence-corrected chi connectivity index (χ2v) is 6.63. The highest BCUT2D eigenvalue weighted by Crippen LogP contribution is 2.24. The van der Waals surface area contributed by atoms with Gasteiger partial charge in [0.05, 0.1) is 24.2 Å². The second kappa shape index (κ2) is 6.53. The Labute approximate surface area is 118 Å². The minimum atomic E-state index is -3.56. The Morgan fingerprint density at radius 2 is 2.00 bits per heavy atom. The lowest BCUT2D eigenvalue weighted by molar-refractivity contribution is 0.00318. The third kappa shape index (κ3) is 3.49. The number of ether oxygens (including phenoxy) is 1. The van der Waals surface area contributed by atoms with E-state index in [2.05, 4.69) is 0 Å². The summed E-state index contributed by atoms with van der Waals surface area (Å²) in [5, 5.41) is 18.1. The van der Waals surface area contributed by atoms with Crippen LogP contribution >= 0.6 is 0 Å². The molecular weight excluding hydrogens is 282 g/mol. The van der Waals surface area contributed by atoms with E-state index in [1.807, 2.05) is 0 Å². The Balaban J connectivity index is 2.02. The monoisotopic (exact) mass is 301 g/mol. The van der Waals surface area contributed by atoms with Crippen LogP contribution in [-0.2, 0) is 14.8 Å². The topological polar surface area (TPSA) is 87.1 Å². The number of phenols is 1. The summed E-state index contributed by atoms with van der Waals surface area (Å²) < 4.78 is 31.6. The molecule has 112 valence electrons. The van der Waals surface area contributed by atoms with Crippen molar-refractivity contribution in [1.29, 1.82) is 0 Å². The van der Waals surface area contributed by atoms with Gasteiger partial charge in [0.15, 0.2) is 0 Å². The van der Waals surface area contributed by atoms with Gasteiger partial charge in [-0.2, -0.15) is 4.31 Å². The molecule has 0 saturated carbocycles. The molecule has 7 heteroatoms. The van der Waals surface area contributed by atoms with Crippen molar-refractivity contribution in [3.63, 3.8) is 0 Å². The smallest absolute Gasteiger partial charge is 0.243 e. The predicted octanol–water partition coefficient (Wildman–Crippen LogP) is 0.554. The van der Waals surface area contributed by atoms with Gasteiger partial charge >= 0.3 is 0 Å². The van der Waals surface area contributed by atoms with Crippen LogP contribution in [0.3, 0.4) is 0 Å². The van der Waals surface area contributed by atoms with E-state index >= 15 is 0 Å². The molecule has 2 rings (SSSR count). The van der Waals surface area contributed by atoms with Crippen molar-refractivity contribution in [3.8, 4) is 5.75 Å². The molecule has 2 N–H and O–H groups in total. The van der Waals surface area contributed by atoms with Crippen molar-refractivity contribution in [2.75, 3.05) is 26.3 Å². The van der Waals surface area contributed by atoms with E-state index in [-0.39, 0.29) is 30.0 Å². The first-order chi connectivity index (χ1) is 9.54. The van der Waals surface area contributed by atoms with Crippen molar-refractivity contribution in [2.24, 2.45) is 0 Å². The molecular formula is C13H19NO5S. The molecule has 1 aromatic carbocycles. The van der Waals surface area contributed by atoms with Gasteiger partial charge in [-0.1, -0.05) is 6.07 Å². The Bertz CT molecular complexity index is 537. The minimum Gasteiger partial charge on any atom is -0.508 e. The molecule has 0 bridgehead atoms. The van der Waals surface area contributed by atoms with E-state index in [9.17, 15) is 13.5 Å². The number of hydrogen-bond donors (Lipinski definition) is 2. The van der Waals surface area contributed by atoms with Gasteiger partial charge in [0, 0.05) is 13.1 Å². The van der Waals surface area contributed by atoms with Crippen LogP contribution in [0.15, 0.2) is 29.2 Å². The van der Waals surface area contributed by atoms with Crippen LogP contribution in [-0.4, -0.2) is 55.3 Å². The Kier molecular flexibility index (Phi) is 4.98. The van der Waals surface area contributed by atoms with Crippen molar-refractivity contribution in [3.05, 3.63) is 24.3 Å². The zero-order chi connectivity index (χ0) is 14.6. The molecule has 0 unspecified atom stereocenters. The molecule has 0 radical (unpaired) electrons. The molecule has 0 atom stereocenters. The standard InChI is InChI=1S/C13H19NO5S/c15-8-9-19-12-4-6-14(7-5-12)20(17,18)13-3-1-2-11(16)10-13/h1-3,10,12,15-16H,4-9H2. The number of rotatable bonds is 5. The number of sulfonamides is 1. The molecule has 1 fully saturated rings. The summed E-state index contributed by atoms with van der Waals surface area (Å²) in [6, 6.07) is 5.68. The van der Waals surface area contributed by atoms with Crippen molar-refractivity contribution >= 4 is 10.0 Å². The fourth-order valence-corrected chi connectivity index (χ4v) is 3.76. The van der Waals surface area contributed by atoms with E-state index < -0.39 is 10.0 Å². The summed E-state index contributed by atoms with van der Waals surface area (Å²) in [6.45, 7) is 1.02. The van der Waals surface area contributed by atoms with Gasteiger partial charge < -0.3 is 14.9 Å². The Morgan fingerprint density at radius 1 is 1.30 bits per heavy atom. The lowest BCUT2D eigenvalue weighted by Crippen LogP contribution is -2.41. The molecule has 1 heterocycles. The van der Waals surface area contributed by atoms with E-state index in [1.165, 1.54) is 28.6 Å². The fourth-order valence-electron chi connectivity index (χ4n) is 2.25. The summed E-state index contributed by atoms with van der Waals surface area (Å²) >= 11 is 0. The number of aliphatic hydroxyl groups excluding tert-OH is 1. The maximum absolute atomic E-state index is 12.4. The molecule has 0 amide bonds. The molecule has 1 aromatic rings. The highest BCUT2D eigenvalue weighted by molar-refractivity contribution is 7.89. The van der Waals surface area contributed by atoms with Crippen LogP contribution in [0.25, 0.3) is 0 Å². The SMILES string of the molecule is O=S(=O)(c1cccc(O)c1)N1CCC(OCCO)CC1. The molecule has 0 spiro atoms. The lowest BCUT2D eigenvalue weighted by atomic mass is 10.1. The predicted molar refractivity (Wildman–Crippen MR) is 72.9 cm³/mol. The number of aromatic hydroxyl groups is 1. The summed E-state index contributed by atoms with van der Waals surface area (Å²) in [5.41, 5.74) is 0. The van der Waals surface area contributed by atoms with Gasteiger partial charge in [0.25, 0.3) is 0 Å². The quantitative estimate of drug-likeness (QED) is 0.829. The van der Waals surface area contributed by atoms with E-state index in [0.717, 1.165) is 0 Å². The first-order valence-corrected chi connectivity index (χ1v) is 7.99. The summed E-state index contributed by atoms with van der Waals surface area (Å²) in [5.74, 6) is -0.0627. The first kappa shape index (κ1) is 15.2. The number of piperidine rings is 1. The third-order valence-electron chi connectivity index (χ3n) is 3.30. The first-order valence-electron chi connectivity index (χ1n) is 6.55. The second-order valence-electron chi connectivity index (χ2n) is 4.70. The Morgan fingerprint density at radius 3 is 2.60 bits per heavy atom. The number of benzene rings is 1. The lowest BCUT2D eigenvalue weighted by Gasteiger charge is -2.31. The summed E-state index contributed by atoms with van der Waals surface area (Å²) in [7, 11) is -3.56. The van der Waals surface area contributed by atoms with Crippen LogP contribution in [0.1, 0.15) is 12.8 Å². The molecule has 0 aliphatic carbocycles. The molecule has 1 aliphatic rings. The van der Waals surface area contributed by atoms with Crippen molar-refractivity contribution in [2.45, 2.75) is 23.8 Å². The van der Waals surface area contributed by atoms with Crippen molar-refractivity contribution < 1.29 is 23.4 Å². The van der Waals surface area contributed by atoms with E-state index in [0.29, 0.717) is 25.9 Å². The molecule has 0 aromatic heterocycles. The van der Waals surface area contributed by atoms with Crippen molar-refractivity contribution in [1.82, 2.24) is 4.31 Å². The largest absolute Gasteiger partial charge is 0.508 e.